The molecule has 0 saturated carbocycles. The second-order valence-electron chi connectivity index (χ2n) is 3.09. The zero-order valence-corrected chi connectivity index (χ0v) is 7.80. The van der Waals surface area contributed by atoms with Crippen molar-refractivity contribution in [3.05, 3.63) is 35.1 Å². The van der Waals surface area contributed by atoms with Gasteiger partial charge < -0.3 is 15.3 Å². The molecule has 0 aliphatic heterocycles. The van der Waals surface area contributed by atoms with E-state index < -0.39 is 24.6 Å². The molecule has 0 bridgehead atoms. The topological polar surface area (TPSA) is 77.8 Å². The molecule has 0 spiro atoms. The number of aldehydes is 1. The van der Waals surface area contributed by atoms with E-state index in [-0.39, 0.29) is 11.1 Å². The largest absolute Gasteiger partial charge is 0.394 e. The highest BCUT2D eigenvalue weighted by molar-refractivity contribution is 5.77. The standard InChI is InChI=1S/C10H11FO4/c11-7-2-1-6(4-12)8(3-7)10(15)9(14)5-13/h1-4,9-10,13-15H,5H2. The molecule has 0 fully saturated rings. The third-order valence-electron chi connectivity index (χ3n) is 2.05. The van der Waals surface area contributed by atoms with Gasteiger partial charge in [-0.15, -0.1) is 0 Å². The number of aliphatic hydroxyl groups excluding tert-OH is 3. The maximum atomic E-state index is 12.8. The van der Waals surface area contributed by atoms with Crippen LogP contribution in [0.1, 0.15) is 22.0 Å². The van der Waals surface area contributed by atoms with Crippen molar-refractivity contribution in [1.82, 2.24) is 0 Å². The van der Waals surface area contributed by atoms with Crippen LogP contribution in [0.15, 0.2) is 18.2 Å². The van der Waals surface area contributed by atoms with E-state index in [2.05, 4.69) is 0 Å². The lowest BCUT2D eigenvalue weighted by Gasteiger charge is -2.17. The number of hydrogen-bond acceptors (Lipinski definition) is 4. The van der Waals surface area contributed by atoms with Crippen molar-refractivity contribution in [2.75, 3.05) is 6.61 Å². The highest BCUT2D eigenvalue weighted by Gasteiger charge is 2.20. The predicted molar refractivity (Wildman–Crippen MR) is 49.8 cm³/mol. The summed E-state index contributed by atoms with van der Waals surface area (Å²) in [5.74, 6) is -0.625. The van der Waals surface area contributed by atoms with Crippen LogP contribution in [0.3, 0.4) is 0 Å². The molecule has 0 heterocycles. The van der Waals surface area contributed by atoms with E-state index in [1.54, 1.807) is 0 Å². The van der Waals surface area contributed by atoms with Gasteiger partial charge in [-0.25, -0.2) is 4.39 Å². The van der Waals surface area contributed by atoms with Gasteiger partial charge in [0.25, 0.3) is 0 Å². The number of hydrogen-bond donors (Lipinski definition) is 3. The van der Waals surface area contributed by atoms with Crippen LogP contribution in [0, 0.1) is 5.82 Å². The van der Waals surface area contributed by atoms with Crippen molar-refractivity contribution in [3.8, 4) is 0 Å². The molecule has 2 atom stereocenters. The van der Waals surface area contributed by atoms with Crippen LogP contribution in [-0.4, -0.2) is 34.3 Å². The van der Waals surface area contributed by atoms with Crippen molar-refractivity contribution in [1.29, 1.82) is 0 Å². The average molecular weight is 214 g/mol. The first-order valence-electron chi connectivity index (χ1n) is 4.31. The van der Waals surface area contributed by atoms with Gasteiger partial charge in [-0.1, -0.05) is 0 Å². The lowest BCUT2D eigenvalue weighted by molar-refractivity contribution is -0.0155. The van der Waals surface area contributed by atoms with E-state index in [0.717, 1.165) is 12.1 Å². The Kier molecular flexibility index (Phi) is 3.90. The zero-order valence-electron chi connectivity index (χ0n) is 7.80. The van der Waals surface area contributed by atoms with Crippen molar-refractivity contribution < 1.29 is 24.5 Å². The minimum atomic E-state index is -1.48. The number of rotatable bonds is 4. The summed E-state index contributed by atoms with van der Waals surface area (Å²) in [5.41, 5.74) is 0.0444. The summed E-state index contributed by atoms with van der Waals surface area (Å²) in [6.07, 6.45) is -2.47. The van der Waals surface area contributed by atoms with Crippen LogP contribution in [0.5, 0.6) is 0 Å². The summed E-state index contributed by atoms with van der Waals surface area (Å²) in [5, 5.41) is 27.2. The summed E-state index contributed by atoms with van der Waals surface area (Å²) in [6.45, 7) is -0.671. The van der Waals surface area contributed by atoms with E-state index in [1.807, 2.05) is 0 Å². The molecule has 2 unspecified atom stereocenters. The first-order valence-corrected chi connectivity index (χ1v) is 4.31. The molecular weight excluding hydrogens is 203 g/mol. The maximum absolute atomic E-state index is 12.8. The number of carbonyl (C=O) groups is 1. The molecule has 0 saturated heterocycles. The van der Waals surface area contributed by atoms with Gasteiger partial charge in [0.2, 0.25) is 0 Å². The Bertz CT molecular complexity index is 353. The highest BCUT2D eigenvalue weighted by Crippen LogP contribution is 2.21. The Hall–Kier alpha value is -1.30. The smallest absolute Gasteiger partial charge is 0.150 e. The first kappa shape index (κ1) is 11.8. The third kappa shape index (κ3) is 2.59. The van der Waals surface area contributed by atoms with E-state index in [4.69, 9.17) is 10.2 Å². The quantitative estimate of drug-likeness (QED) is 0.618. The molecule has 0 aliphatic rings. The summed E-state index contributed by atoms with van der Waals surface area (Å²) in [6, 6.07) is 3.23. The Labute approximate surface area is 85.6 Å². The van der Waals surface area contributed by atoms with Gasteiger partial charge in [0.15, 0.2) is 0 Å². The fraction of sp³-hybridized carbons (Fsp3) is 0.300. The van der Waals surface area contributed by atoms with Crippen molar-refractivity contribution in [2.45, 2.75) is 12.2 Å². The molecule has 0 amide bonds. The van der Waals surface area contributed by atoms with Crippen molar-refractivity contribution in [3.63, 3.8) is 0 Å². The Balaban J connectivity index is 3.10. The van der Waals surface area contributed by atoms with Gasteiger partial charge in [-0.3, -0.25) is 4.79 Å². The fourth-order valence-electron chi connectivity index (χ4n) is 1.22. The molecule has 1 aromatic carbocycles. The molecule has 1 aromatic rings. The summed E-state index contributed by atoms with van der Waals surface area (Å²) >= 11 is 0. The molecule has 0 aromatic heterocycles. The van der Waals surface area contributed by atoms with Gasteiger partial charge in [0.05, 0.1) is 6.61 Å². The second kappa shape index (κ2) is 4.97. The minimum Gasteiger partial charge on any atom is -0.394 e. The summed E-state index contributed by atoms with van der Waals surface area (Å²) in [4.78, 5) is 10.6. The van der Waals surface area contributed by atoms with Crippen LogP contribution in [0.25, 0.3) is 0 Å². The Morgan fingerprint density at radius 3 is 2.60 bits per heavy atom. The molecule has 0 aliphatic carbocycles. The van der Waals surface area contributed by atoms with Crippen LogP contribution in [-0.2, 0) is 0 Å². The van der Waals surface area contributed by atoms with Crippen LogP contribution in [0.2, 0.25) is 0 Å². The van der Waals surface area contributed by atoms with Crippen molar-refractivity contribution >= 4 is 6.29 Å². The minimum absolute atomic E-state index is 0.0356. The molecule has 82 valence electrons. The van der Waals surface area contributed by atoms with Gasteiger partial charge in [-0.2, -0.15) is 0 Å². The molecule has 5 heteroatoms. The van der Waals surface area contributed by atoms with Crippen LogP contribution >= 0.6 is 0 Å². The first-order chi connectivity index (χ1) is 7.10. The second-order valence-corrected chi connectivity index (χ2v) is 3.09. The molecule has 4 nitrogen and oxygen atoms in total. The molecule has 1 rings (SSSR count). The predicted octanol–water partition coefficient (Wildman–Crippen LogP) is 0.0248. The highest BCUT2D eigenvalue weighted by atomic mass is 19.1. The maximum Gasteiger partial charge on any atom is 0.150 e. The van der Waals surface area contributed by atoms with Gasteiger partial charge in [-0.05, 0) is 23.8 Å². The fourth-order valence-corrected chi connectivity index (χ4v) is 1.22. The lowest BCUT2D eigenvalue weighted by atomic mass is 9.99. The molecule has 3 N–H and O–H groups in total. The van der Waals surface area contributed by atoms with E-state index >= 15 is 0 Å². The number of aliphatic hydroxyl groups is 3. The molecular formula is C10H11FO4. The van der Waals surface area contributed by atoms with Crippen LogP contribution < -0.4 is 0 Å². The number of benzene rings is 1. The van der Waals surface area contributed by atoms with Gasteiger partial charge in [0.1, 0.15) is 24.3 Å². The average Bonchev–Trinajstić information content (AvgIpc) is 2.27. The van der Waals surface area contributed by atoms with E-state index in [9.17, 15) is 14.3 Å². The Morgan fingerprint density at radius 1 is 1.40 bits per heavy atom. The van der Waals surface area contributed by atoms with Crippen molar-refractivity contribution in [2.24, 2.45) is 0 Å². The molecule has 15 heavy (non-hydrogen) atoms. The molecule has 0 radical (unpaired) electrons. The normalized spacial score (nSPS) is 14.7. The summed E-state index contributed by atoms with van der Waals surface area (Å²) < 4.78 is 12.8. The zero-order chi connectivity index (χ0) is 11.4. The third-order valence-corrected chi connectivity index (χ3v) is 2.05. The van der Waals surface area contributed by atoms with E-state index in [1.165, 1.54) is 6.07 Å². The number of halogens is 1. The lowest BCUT2D eigenvalue weighted by Crippen LogP contribution is -2.23. The monoisotopic (exact) mass is 214 g/mol. The Morgan fingerprint density at radius 2 is 2.07 bits per heavy atom. The van der Waals surface area contributed by atoms with Gasteiger partial charge in [0, 0.05) is 5.56 Å². The van der Waals surface area contributed by atoms with E-state index in [0.29, 0.717) is 6.29 Å². The number of carbonyl (C=O) groups excluding carboxylic acids is 1. The SMILES string of the molecule is O=Cc1ccc(F)cc1C(O)C(O)CO. The summed E-state index contributed by atoms with van der Waals surface area (Å²) in [7, 11) is 0. The van der Waals surface area contributed by atoms with Crippen LogP contribution in [0.4, 0.5) is 4.39 Å². The van der Waals surface area contributed by atoms with Gasteiger partial charge >= 0.3 is 0 Å².